The van der Waals surface area contributed by atoms with Gasteiger partial charge in [0.25, 0.3) is 0 Å². The Balaban J connectivity index is 1.38. The van der Waals surface area contributed by atoms with E-state index in [9.17, 15) is 0 Å². The zero-order valence-corrected chi connectivity index (χ0v) is 18.3. The zero-order chi connectivity index (χ0) is 20.9. The van der Waals surface area contributed by atoms with E-state index in [-0.39, 0.29) is 0 Å². The minimum atomic E-state index is 0.485. The van der Waals surface area contributed by atoms with E-state index in [1.807, 2.05) is 30.3 Å². The van der Waals surface area contributed by atoms with E-state index in [0.717, 1.165) is 28.3 Å². The van der Waals surface area contributed by atoms with Crippen molar-refractivity contribution in [1.29, 1.82) is 0 Å². The summed E-state index contributed by atoms with van der Waals surface area (Å²) in [6, 6.07) is 19.9. The lowest BCUT2D eigenvalue weighted by Gasteiger charge is -2.06. The van der Waals surface area contributed by atoms with E-state index < -0.39 is 0 Å². The molecule has 2 aromatic carbocycles. The van der Waals surface area contributed by atoms with Gasteiger partial charge in [-0.2, -0.15) is 4.98 Å². The van der Waals surface area contributed by atoms with Crippen LogP contribution in [0.5, 0.6) is 0 Å². The Morgan fingerprint density at radius 1 is 0.967 bits per heavy atom. The molecule has 0 aliphatic heterocycles. The van der Waals surface area contributed by atoms with Gasteiger partial charge in [0.05, 0.1) is 16.5 Å². The number of benzene rings is 2. The Morgan fingerprint density at radius 2 is 1.77 bits per heavy atom. The molecule has 0 spiro atoms. The van der Waals surface area contributed by atoms with Crippen LogP contribution in [0.4, 0.5) is 0 Å². The maximum absolute atomic E-state index is 6.19. The SMILES string of the molecule is CC(C)Cc1ccc(-c2ccc(SCc3nc(-c4ccccc4Cl)no3)nn2)cc1. The first kappa shape index (κ1) is 20.6. The predicted molar refractivity (Wildman–Crippen MR) is 120 cm³/mol. The van der Waals surface area contributed by atoms with Crippen molar-refractivity contribution in [2.24, 2.45) is 5.92 Å². The second kappa shape index (κ2) is 9.41. The summed E-state index contributed by atoms with van der Waals surface area (Å²) < 4.78 is 5.34. The van der Waals surface area contributed by atoms with Gasteiger partial charge in [0.2, 0.25) is 11.7 Å². The summed E-state index contributed by atoms with van der Waals surface area (Å²) in [6.45, 7) is 4.45. The number of rotatable bonds is 7. The molecule has 30 heavy (non-hydrogen) atoms. The minimum absolute atomic E-state index is 0.485. The fourth-order valence-electron chi connectivity index (χ4n) is 3.04. The van der Waals surface area contributed by atoms with Crippen LogP contribution in [-0.4, -0.2) is 20.3 Å². The van der Waals surface area contributed by atoms with Gasteiger partial charge in [-0.3, -0.25) is 0 Å². The van der Waals surface area contributed by atoms with Crippen LogP contribution >= 0.6 is 23.4 Å². The van der Waals surface area contributed by atoms with Crippen LogP contribution in [0.1, 0.15) is 25.3 Å². The van der Waals surface area contributed by atoms with Crippen molar-refractivity contribution >= 4 is 23.4 Å². The molecule has 0 N–H and O–H groups in total. The normalized spacial score (nSPS) is 11.2. The molecule has 0 bridgehead atoms. The van der Waals surface area contributed by atoms with Gasteiger partial charge in [-0.15, -0.1) is 10.2 Å². The fourth-order valence-corrected chi connectivity index (χ4v) is 3.91. The van der Waals surface area contributed by atoms with Gasteiger partial charge in [-0.05, 0) is 42.2 Å². The smallest absolute Gasteiger partial charge is 0.237 e. The Morgan fingerprint density at radius 3 is 2.47 bits per heavy atom. The number of nitrogens with zero attached hydrogens (tertiary/aromatic N) is 4. The maximum atomic E-state index is 6.19. The highest BCUT2D eigenvalue weighted by molar-refractivity contribution is 7.98. The molecule has 0 aliphatic carbocycles. The molecule has 7 heteroatoms. The summed E-state index contributed by atoms with van der Waals surface area (Å²) in [5.41, 5.74) is 4.01. The van der Waals surface area contributed by atoms with Crippen LogP contribution in [-0.2, 0) is 12.2 Å². The number of hydrogen-bond acceptors (Lipinski definition) is 6. The van der Waals surface area contributed by atoms with Crippen molar-refractivity contribution in [2.75, 3.05) is 0 Å². The molecule has 0 amide bonds. The summed E-state index contributed by atoms with van der Waals surface area (Å²) in [5.74, 6) is 2.15. The summed E-state index contributed by atoms with van der Waals surface area (Å²) in [4.78, 5) is 4.42. The molecule has 4 aromatic rings. The molecule has 0 saturated heterocycles. The highest BCUT2D eigenvalue weighted by atomic mass is 35.5. The predicted octanol–water partition coefficient (Wildman–Crippen LogP) is 6.34. The van der Waals surface area contributed by atoms with Gasteiger partial charge >= 0.3 is 0 Å². The van der Waals surface area contributed by atoms with E-state index in [1.54, 1.807) is 6.07 Å². The third-order valence-electron chi connectivity index (χ3n) is 4.46. The molecule has 0 atom stereocenters. The zero-order valence-electron chi connectivity index (χ0n) is 16.7. The average molecular weight is 437 g/mol. The molecule has 2 heterocycles. The van der Waals surface area contributed by atoms with Crippen LogP contribution in [0.3, 0.4) is 0 Å². The Bertz CT molecular complexity index is 1110. The van der Waals surface area contributed by atoms with Crippen LogP contribution in [0.2, 0.25) is 5.02 Å². The summed E-state index contributed by atoms with van der Waals surface area (Å²) >= 11 is 7.69. The second-order valence-electron chi connectivity index (χ2n) is 7.33. The van der Waals surface area contributed by atoms with Crippen molar-refractivity contribution in [1.82, 2.24) is 20.3 Å². The Kier molecular flexibility index (Phi) is 6.45. The third kappa shape index (κ3) is 5.07. The monoisotopic (exact) mass is 436 g/mol. The van der Waals surface area contributed by atoms with Gasteiger partial charge in [-0.1, -0.05) is 78.8 Å². The number of aromatic nitrogens is 4. The summed E-state index contributed by atoms with van der Waals surface area (Å²) in [7, 11) is 0. The molecule has 5 nitrogen and oxygen atoms in total. The van der Waals surface area contributed by atoms with E-state index in [0.29, 0.717) is 28.4 Å². The second-order valence-corrected chi connectivity index (χ2v) is 8.73. The highest BCUT2D eigenvalue weighted by Gasteiger charge is 2.12. The molecule has 0 aliphatic rings. The largest absolute Gasteiger partial charge is 0.338 e. The average Bonchev–Trinajstić information content (AvgIpc) is 3.22. The van der Waals surface area contributed by atoms with Gasteiger partial charge < -0.3 is 4.52 Å². The van der Waals surface area contributed by atoms with Gasteiger partial charge in [0.1, 0.15) is 5.03 Å². The molecular formula is C23H21ClN4OS. The lowest BCUT2D eigenvalue weighted by molar-refractivity contribution is 0.391. The van der Waals surface area contributed by atoms with E-state index >= 15 is 0 Å². The molecule has 2 aromatic heterocycles. The van der Waals surface area contributed by atoms with E-state index in [4.69, 9.17) is 16.1 Å². The first-order valence-corrected chi connectivity index (χ1v) is 11.1. The first-order chi connectivity index (χ1) is 14.6. The molecule has 0 unspecified atom stereocenters. The lowest BCUT2D eigenvalue weighted by Crippen LogP contribution is -1.94. The topological polar surface area (TPSA) is 64.7 Å². The molecule has 0 saturated carbocycles. The highest BCUT2D eigenvalue weighted by Crippen LogP contribution is 2.27. The van der Waals surface area contributed by atoms with Crippen LogP contribution in [0.25, 0.3) is 22.6 Å². The third-order valence-corrected chi connectivity index (χ3v) is 5.69. The summed E-state index contributed by atoms with van der Waals surface area (Å²) in [6.07, 6.45) is 1.08. The van der Waals surface area contributed by atoms with Crippen molar-refractivity contribution in [3.8, 4) is 22.6 Å². The van der Waals surface area contributed by atoms with Crippen LogP contribution in [0.15, 0.2) is 70.2 Å². The number of thioether (sulfide) groups is 1. The number of halogens is 1. The molecular weight excluding hydrogens is 416 g/mol. The van der Waals surface area contributed by atoms with Gasteiger partial charge in [0, 0.05) is 11.1 Å². The van der Waals surface area contributed by atoms with Crippen molar-refractivity contribution in [2.45, 2.75) is 31.0 Å². The lowest BCUT2D eigenvalue weighted by atomic mass is 10.0. The van der Waals surface area contributed by atoms with Crippen LogP contribution in [0, 0.1) is 5.92 Å². The van der Waals surface area contributed by atoms with Gasteiger partial charge in [0.15, 0.2) is 0 Å². The van der Waals surface area contributed by atoms with E-state index in [1.165, 1.54) is 17.3 Å². The van der Waals surface area contributed by atoms with Crippen molar-refractivity contribution in [3.05, 3.63) is 77.1 Å². The van der Waals surface area contributed by atoms with Crippen molar-refractivity contribution < 1.29 is 4.52 Å². The van der Waals surface area contributed by atoms with Crippen LogP contribution < -0.4 is 0 Å². The minimum Gasteiger partial charge on any atom is -0.338 e. The first-order valence-electron chi connectivity index (χ1n) is 9.72. The maximum Gasteiger partial charge on any atom is 0.237 e. The molecule has 0 radical (unpaired) electrons. The van der Waals surface area contributed by atoms with Gasteiger partial charge in [-0.25, -0.2) is 0 Å². The Hall–Kier alpha value is -2.70. The standard InChI is InChI=1S/C23H21ClN4OS/c1-15(2)13-16-7-9-17(10-8-16)20-11-12-22(27-26-20)30-14-21-25-23(28-29-21)18-5-3-4-6-19(18)24/h3-12,15H,13-14H2,1-2H3. The molecule has 152 valence electrons. The molecule has 0 fully saturated rings. The quantitative estimate of drug-likeness (QED) is 0.315. The van der Waals surface area contributed by atoms with E-state index in [2.05, 4.69) is 58.5 Å². The van der Waals surface area contributed by atoms with Crippen molar-refractivity contribution in [3.63, 3.8) is 0 Å². The fraction of sp³-hybridized carbons (Fsp3) is 0.217. The summed E-state index contributed by atoms with van der Waals surface area (Å²) in [5, 5.41) is 14.1. The molecule has 4 rings (SSSR count). The Labute approximate surface area is 184 Å². The number of hydrogen-bond donors (Lipinski definition) is 0.